The number of hydrogen-bond donors (Lipinski definition) is 0. The quantitative estimate of drug-likeness (QED) is 0.283. The summed E-state index contributed by atoms with van der Waals surface area (Å²) in [5.74, 6) is 0.864. The summed E-state index contributed by atoms with van der Waals surface area (Å²) < 4.78 is 17.0. The van der Waals surface area contributed by atoms with E-state index in [4.69, 9.17) is 14.2 Å². The number of carbonyl (C=O) groups is 2. The fraction of sp³-hybridized carbons (Fsp3) is 0.407. The summed E-state index contributed by atoms with van der Waals surface area (Å²) in [6.45, 7) is 15.2. The lowest BCUT2D eigenvalue weighted by Gasteiger charge is -2.30. The van der Waals surface area contributed by atoms with Gasteiger partial charge in [-0.25, -0.2) is 4.79 Å². The predicted molar refractivity (Wildman–Crippen MR) is 127 cm³/mol. The van der Waals surface area contributed by atoms with Crippen LogP contribution in [-0.2, 0) is 9.53 Å². The molecule has 0 aromatic heterocycles. The van der Waals surface area contributed by atoms with Crippen LogP contribution in [0.5, 0.6) is 11.5 Å². The van der Waals surface area contributed by atoms with Crippen LogP contribution in [0, 0.1) is 13.8 Å². The van der Waals surface area contributed by atoms with Gasteiger partial charge in [-0.1, -0.05) is 6.08 Å². The van der Waals surface area contributed by atoms with Crippen molar-refractivity contribution in [1.82, 2.24) is 0 Å². The maximum atomic E-state index is 12.5. The standard InChI is InChI=1S/C27H34O5/c1-9-30-22-13-11-21(12-14-22)23(28)15-10-20-16-18(2)24(19(3)17-20)31-27(7,8)25(29)32-26(4,5)6/h10-17H,9H2,1-8H3/b15-10+. The van der Waals surface area contributed by atoms with Gasteiger partial charge in [-0.05, 0) is 115 Å². The van der Waals surface area contributed by atoms with Crippen LogP contribution < -0.4 is 9.47 Å². The van der Waals surface area contributed by atoms with Gasteiger partial charge < -0.3 is 14.2 Å². The maximum absolute atomic E-state index is 12.5. The molecular formula is C27H34O5. The van der Waals surface area contributed by atoms with Gasteiger partial charge in [0.05, 0.1) is 6.61 Å². The Hall–Kier alpha value is -3.08. The molecule has 5 heteroatoms. The summed E-state index contributed by atoms with van der Waals surface area (Å²) in [6, 6.07) is 10.9. The van der Waals surface area contributed by atoms with Crippen LogP contribution in [0.1, 0.15) is 68.6 Å². The first-order chi connectivity index (χ1) is 14.8. The van der Waals surface area contributed by atoms with E-state index in [1.54, 1.807) is 50.3 Å². The zero-order chi connectivity index (χ0) is 24.1. The van der Waals surface area contributed by atoms with Gasteiger partial charge in [0, 0.05) is 5.56 Å². The molecule has 2 aromatic rings. The average Bonchev–Trinajstić information content (AvgIpc) is 2.68. The Balaban J connectivity index is 2.16. The van der Waals surface area contributed by atoms with Crippen molar-refractivity contribution in [2.24, 2.45) is 0 Å². The van der Waals surface area contributed by atoms with E-state index >= 15 is 0 Å². The minimum absolute atomic E-state index is 0.0882. The Kier molecular flexibility index (Phi) is 7.89. The van der Waals surface area contributed by atoms with Gasteiger partial charge in [0.25, 0.3) is 0 Å². The molecule has 0 aliphatic heterocycles. The molecule has 5 nitrogen and oxygen atoms in total. The summed E-state index contributed by atoms with van der Waals surface area (Å²) in [6.07, 6.45) is 3.33. The zero-order valence-electron chi connectivity index (χ0n) is 20.4. The molecule has 0 amide bonds. The lowest BCUT2D eigenvalue weighted by molar-refractivity contribution is -0.171. The molecule has 0 heterocycles. The summed E-state index contributed by atoms with van der Waals surface area (Å²) in [7, 11) is 0. The second-order valence-electron chi connectivity index (χ2n) is 9.25. The van der Waals surface area contributed by atoms with Crippen molar-refractivity contribution in [3.8, 4) is 11.5 Å². The lowest BCUT2D eigenvalue weighted by atomic mass is 10.0. The molecule has 172 valence electrons. The van der Waals surface area contributed by atoms with Crippen molar-refractivity contribution in [3.63, 3.8) is 0 Å². The minimum Gasteiger partial charge on any atom is -0.494 e. The van der Waals surface area contributed by atoms with E-state index in [9.17, 15) is 9.59 Å². The first-order valence-electron chi connectivity index (χ1n) is 10.8. The Morgan fingerprint density at radius 2 is 1.50 bits per heavy atom. The number of hydrogen-bond acceptors (Lipinski definition) is 5. The Labute approximate surface area is 191 Å². The van der Waals surface area contributed by atoms with Gasteiger partial charge in [0.2, 0.25) is 0 Å². The third-order valence-electron chi connectivity index (χ3n) is 4.61. The molecule has 0 atom stereocenters. The predicted octanol–water partition coefficient (Wildman–Crippen LogP) is 6.10. The smallest absolute Gasteiger partial charge is 0.350 e. The van der Waals surface area contributed by atoms with Crippen LogP contribution >= 0.6 is 0 Å². The van der Waals surface area contributed by atoms with Gasteiger partial charge >= 0.3 is 5.97 Å². The molecular weight excluding hydrogens is 404 g/mol. The van der Waals surface area contributed by atoms with Gasteiger partial charge in [-0.15, -0.1) is 0 Å². The molecule has 2 aromatic carbocycles. The Morgan fingerprint density at radius 3 is 2.00 bits per heavy atom. The molecule has 32 heavy (non-hydrogen) atoms. The van der Waals surface area contributed by atoms with E-state index in [-0.39, 0.29) is 5.78 Å². The molecule has 0 saturated heterocycles. The fourth-order valence-electron chi connectivity index (χ4n) is 3.09. The molecule has 0 saturated carbocycles. The fourth-order valence-corrected chi connectivity index (χ4v) is 3.09. The van der Waals surface area contributed by atoms with Gasteiger partial charge in [0.15, 0.2) is 11.4 Å². The van der Waals surface area contributed by atoms with E-state index in [0.29, 0.717) is 17.9 Å². The van der Waals surface area contributed by atoms with E-state index in [0.717, 1.165) is 22.4 Å². The number of ether oxygens (including phenoxy) is 3. The highest BCUT2D eigenvalue weighted by Gasteiger charge is 2.35. The first kappa shape index (κ1) is 25.2. The molecule has 0 aliphatic carbocycles. The Bertz CT molecular complexity index is 969. The van der Waals surface area contributed by atoms with Crippen molar-refractivity contribution < 1.29 is 23.8 Å². The van der Waals surface area contributed by atoms with Crippen LogP contribution in [0.15, 0.2) is 42.5 Å². The Morgan fingerprint density at radius 1 is 0.938 bits per heavy atom. The van der Waals surface area contributed by atoms with E-state index < -0.39 is 17.2 Å². The molecule has 0 N–H and O–H groups in total. The third kappa shape index (κ3) is 6.98. The normalized spacial score (nSPS) is 12.0. The first-order valence-corrected chi connectivity index (χ1v) is 10.8. The van der Waals surface area contributed by atoms with E-state index in [1.165, 1.54) is 0 Å². The van der Waals surface area contributed by atoms with Crippen molar-refractivity contribution >= 4 is 17.8 Å². The van der Waals surface area contributed by atoms with Crippen LogP contribution in [0.4, 0.5) is 0 Å². The molecule has 0 fully saturated rings. The van der Waals surface area contributed by atoms with Gasteiger partial charge in [-0.3, -0.25) is 4.79 Å². The number of aryl methyl sites for hydroxylation is 2. The number of carbonyl (C=O) groups excluding carboxylic acids is 2. The number of rotatable bonds is 8. The van der Waals surface area contributed by atoms with Crippen LogP contribution in [0.3, 0.4) is 0 Å². The SMILES string of the molecule is CCOc1ccc(C(=O)/C=C/c2cc(C)c(OC(C)(C)C(=O)OC(C)(C)C)c(C)c2)cc1. The van der Waals surface area contributed by atoms with E-state index in [1.807, 2.05) is 53.7 Å². The maximum Gasteiger partial charge on any atom is 0.350 e. The minimum atomic E-state index is -1.14. The van der Waals surface area contributed by atoms with Crippen molar-refractivity contribution in [3.05, 3.63) is 64.7 Å². The highest BCUT2D eigenvalue weighted by atomic mass is 16.6. The zero-order valence-corrected chi connectivity index (χ0v) is 20.4. The van der Waals surface area contributed by atoms with Crippen molar-refractivity contribution in [2.75, 3.05) is 6.61 Å². The van der Waals surface area contributed by atoms with Crippen molar-refractivity contribution in [1.29, 1.82) is 0 Å². The number of allylic oxidation sites excluding steroid dienone is 1. The molecule has 0 radical (unpaired) electrons. The summed E-state index contributed by atoms with van der Waals surface area (Å²) in [4.78, 5) is 25.0. The second-order valence-corrected chi connectivity index (χ2v) is 9.25. The summed E-state index contributed by atoms with van der Waals surface area (Å²) >= 11 is 0. The highest BCUT2D eigenvalue weighted by Crippen LogP contribution is 2.30. The van der Waals surface area contributed by atoms with Crippen LogP contribution in [-0.4, -0.2) is 29.6 Å². The second kappa shape index (κ2) is 10.0. The largest absolute Gasteiger partial charge is 0.494 e. The molecule has 0 aliphatic rings. The van der Waals surface area contributed by atoms with Gasteiger partial charge in [-0.2, -0.15) is 0 Å². The van der Waals surface area contributed by atoms with E-state index in [2.05, 4.69) is 0 Å². The lowest BCUT2D eigenvalue weighted by Crippen LogP contribution is -2.43. The average molecular weight is 439 g/mol. The monoisotopic (exact) mass is 438 g/mol. The van der Waals surface area contributed by atoms with Gasteiger partial charge in [0.1, 0.15) is 17.1 Å². The molecule has 2 rings (SSSR count). The molecule has 0 bridgehead atoms. The topological polar surface area (TPSA) is 61.8 Å². The third-order valence-corrected chi connectivity index (χ3v) is 4.61. The van der Waals surface area contributed by atoms with Crippen LogP contribution in [0.2, 0.25) is 0 Å². The molecule has 0 spiro atoms. The summed E-state index contributed by atoms with van der Waals surface area (Å²) in [5, 5.41) is 0. The van der Waals surface area contributed by atoms with Crippen molar-refractivity contribution in [2.45, 2.75) is 66.6 Å². The number of benzene rings is 2. The van der Waals surface area contributed by atoms with Crippen LogP contribution in [0.25, 0.3) is 6.08 Å². The summed E-state index contributed by atoms with van der Waals surface area (Å²) in [5.41, 5.74) is 1.49. The highest BCUT2D eigenvalue weighted by molar-refractivity contribution is 6.06. The molecule has 0 unspecified atom stereocenters. The number of ketones is 1. The number of esters is 1.